The van der Waals surface area contributed by atoms with E-state index in [-0.39, 0.29) is 12.2 Å². The number of carbonyl (C=O) groups excluding carboxylic acids is 1. The van der Waals surface area contributed by atoms with Crippen molar-refractivity contribution in [2.75, 3.05) is 5.32 Å². The Labute approximate surface area is 134 Å². The number of rotatable bonds is 4. The van der Waals surface area contributed by atoms with E-state index in [1.807, 2.05) is 30.3 Å². The fourth-order valence-electron chi connectivity index (χ4n) is 1.80. The molecule has 2 aromatic rings. The third-order valence-corrected chi connectivity index (χ3v) is 2.92. The molecule has 2 rings (SSSR count). The molecule has 0 heterocycles. The molecule has 23 heavy (non-hydrogen) atoms. The van der Waals surface area contributed by atoms with Gasteiger partial charge in [0.05, 0.1) is 0 Å². The van der Waals surface area contributed by atoms with Crippen molar-refractivity contribution < 1.29 is 9.53 Å². The first-order valence-corrected chi connectivity index (χ1v) is 6.81. The number of hydrogen-bond acceptors (Lipinski definition) is 4. The van der Waals surface area contributed by atoms with Crippen molar-refractivity contribution in [3.05, 3.63) is 71.3 Å². The summed E-state index contributed by atoms with van der Waals surface area (Å²) in [6, 6.07) is 19.7. The Kier molecular flexibility index (Phi) is 5.51. The minimum Gasteiger partial charge on any atom is -0.444 e. The maximum Gasteiger partial charge on any atom is 0.411 e. The van der Waals surface area contributed by atoms with Gasteiger partial charge in [-0.15, -0.1) is 0 Å². The number of amides is 1. The van der Waals surface area contributed by atoms with Crippen LogP contribution in [0.1, 0.15) is 11.1 Å². The third-order valence-electron chi connectivity index (χ3n) is 2.92. The standard InChI is InChI=1S/C18H13N3O2/c19-11-16(12-20)10-14-6-8-17(9-7-14)21-18(22)23-13-15-4-2-1-3-5-15/h1-10H,13H2,(H,21,22). The number of benzene rings is 2. The summed E-state index contributed by atoms with van der Waals surface area (Å²) in [7, 11) is 0. The van der Waals surface area contributed by atoms with Gasteiger partial charge in [-0.25, -0.2) is 4.79 Å². The SMILES string of the molecule is N#CC(C#N)=Cc1ccc(NC(=O)OCc2ccccc2)cc1. The van der Waals surface area contributed by atoms with E-state index in [0.717, 1.165) is 5.56 Å². The molecular weight excluding hydrogens is 290 g/mol. The molecule has 0 atom stereocenters. The summed E-state index contributed by atoms with van der Waals surface area (Å²) < 4.78 is 5.11. The summed E-state index contributed by atoms with van der Waals surface area (Å²) in [5.74, 6) is 0. The lowest BCUT2D eigenvalue weighted by atomic mass is 10.1. The summed E-state index contributed by atoms with van der Waals surface area (Å²) in [6.45, 7) is 0.196. The van der Waals surface area contributed by atoms with Crippen LogP contribution in [0.15, 0.2) is 60.2 Å². The average Bonchev–Trinajstić information content (AvgIpc) is 2.60. The van der Waals surface area contributed by atoms with Gasteiger partial charge in [-0.3, -0.25) is 5.32 Å². The van der Waals surface area contributed by atoms with E-state index in [0.29, 0.717) is 11.3 Å². The monoisotopic (exact) mass is 303 g/mol. The molecule has 0 saturated heterocycles. The number of nitrogens with one attached hydrogen (secondary N) is 1. The first-order valence-electron chi connectivity index (χ1n) is 6.81. The lowest BCUT2D eigenvalue weighted by Crippen LogP contribution is -2.13. The van der Waals surface area contributed by atoms with Crippen LogP contribution in [0.3, 0.4) is 0 Å². The third kappa shape index (κ3) is 5.04. The summed E-state index contributed by atoms with van der Waals surface area (Å²) >= 11 is 0. The quantitative estimate of drug-likeness (QED) is 0.869. The minimum absolute atomic E-state index is 0.0213. The van der Waals surface area contributed by atoms with E-state index in [1.54, 1.807) is 36.4 Å². The molecule has 0 unspecified atom stereocenters. The normalized spacial score (nSPS) is 9.13. The molecule has 0 aliphatic rings. The fraction of sp³-hybridized carbons (Fsp3) is 0.0556. The van der Waals surface area contributed by atoms with Crippen molar-refractivity contribution in [2.45, 2.75) is 6.61 Å². The van der Waals surface area contributed by atoms with E-state index >= 15 is 0 Å². The van der Waals surface area contributed by atoms with Crippen LogP contribution in [0, 0.1) is 22.7 Å². The van der Waals surface area contributed by atoms with Crippen LogP contribution in [-0.4, -0.2) is 6.09 Å². The Balaban J connectivity index is 1.91. The largest absolute Gasteiger partial charge is 0.444 e. The topological polar surface area (TPSA) is 85.9 Å². The first-order chi connectivity index (χ1) is 11.2. The van der Waals surface area contributed by atoms with Gasteiger partial charge in [-0.2, -0.15) is 10.5 Å². The van der Waals surface area contributed by atoms with Crippen molar-refractivity contribution in [2.24, 2.45) is 0 Å². The van der Waals surface area contributed by atoms with Crippen molar-refractivity contribution in [1.82, 2.24) is 0 Å². The van der Waals surface area contributed by atoms with Crippen LogP contribution in [0.2, 0.25) is 0 Å². The molecule has 0 saturated carbocycles. The highest BCUT2D eigenvalue weighted by molar-refractivity contribution is 5.84. The highest BCUT2D eigenvalue weighted by atomic mass is 16.5. The highest BCUT2D eigenvalue weighted by Crippen LogP contribution is 2.13. The molecule has 0 spiro atoms. The molecule has 0 aromatic heterocycles. The van der Waals surface area contributed by atoms with Gasteiger partial charge < -0.3 is 4.74 Å². The molecule has 2 aromatic carbocycles. The predicted molar refractivity (Wildman–Crippen MR) is 85.9 cm³/mol. The zero-order valence-corrected chi connectivity index (χ0v) is 12.2. The lowest BCUT2D eigenvalue weighted by Gasteiger charge is -2.07. The summed E-state index contributed by atoms with van der Waals surface area (Å²) in [4.78, 5) is 11.7. The van der Waals surface area contributed by atoms with Crippen LogP contribution in [0.4, 0.5) is 10.5 Å². The Bertz CT molecular complexity index is 766. The maximum atomic E-state index is 11.7. The lowest BCUT2D eigenvalue weighted by molar-refractivity contribution is 0.155. The predicted octanol–water partition coefficient (Wildman–Crippen LogP) is 3.87. The highest BCUT2D eigenvalue weighted by Gasteiger charge is 2.03. The number of allylic oxidation sites excluding steroid dienone is 1. The fourth-order valence-corrected chi connectivity index (χ4v) is 1.80. The maximum absolute atomic E-state index is 11.7. The second kappa shape index (κ2) is 8.02. The molecule has 0 bridgehead atoms. The molecule has 5 nitrogen and oxygen atoms in total. The molecular formula is C18H13N3O2. The van der Waals surface area contributed by atoms with Gasteiger partial charge >= 0.3 is 6.09 Å². The van der Waals surface area contributed by atoms with Crippen LogP contribution >= 0.6 is 0 Å². The van der Waals surface area contributed by atoms with Crippen LogP contribution in [0.25, 0.3) is 6.08 Å². The summed E-state index contributed by atoms with van der Waals surface area (Å²) in [6.07, 6.45) is 0.921. The number of carbonyl (C=O) groups is 1. The molecule has 5 heteroatoms. The minimum atomic E-state index is -0.549. The van der Waals surface area contributed by atoms with Crippen LogP contribution in [0.5, 0.6) is 0 Å². The van der Waals surface area contributed by atoms with Crippen molar-refractivity contribution in [1.29, 1.82) is 10.5 Å². The smallest absolute Gasteiger partial charge is 0.411 e. The summed E-state index contributed by atoms with van der Waals surface area (Å²) in [5.41, 5.74) is 2.19. The van der Waals surface area contributed by atoms with E-state index in [9.17, 15) is 4.79 Å². The average molecular weight is 303 g/mol. The Hall–Kier alpha value is -3.57. The second-order valence-electron chi connectivity index (χ2n) is 4.59. The molecule has 1 amide bonds. The van der Waals surface area contributed by atoms with Crippen molar-refractivity contribution in [3.8, 4) is 12.1 Å². The summed E-state index contributed by atoms with van der Waals surface area (Å²) in [5, 5.41) is 20.0. The Morgan fingerprint density at radius 1 is 1.04 bits per heavy atom. The molecule has 0 aliphatic heterocycles. The molecule has 112 valence electrons. The van der Waals surface area contributed by atoms with E-state index in [1.165, 1.54) is 6.08 Å². The van der Waals surface area contributed by atoms with Gasteiger partial charge in [-0.1, -0.05) is 42.5 Å². The number of ether oxygens (including phenoxy) is 1. The molecule has 0 fully saturated rings. The van der Waals surface area contributed by atoms with Gasteiger partial charge in [-0.05, 0) is 29.3 Å². The van der Waals surface area contributed by atoms with Crippen molar-refractivity contribution in [3.63, 3.8) is 0 Å². The molecule has 0 radical (unpaired) electrons. The van der Waals surface area contributed by atoms with E-state index in [4.69, 9.17) is 15.3 Å². The zero-order valence-electron chi connectivity index (χ0n) is 12.2. The van der Waals surface area contributed by atoms with Crippen LogP contribution in [-0.2, 0) is 11.3 Å². The van der Waals surface area contributed by atoms with Gasteiger partial charge in [0.1, 0.15) is 24.3 Å². The zero-order chi connectivity index (χ0) is 16.5. The molecule has 1 N–H and O–H groups in total. The second-order valence-corrected chi connectivity index (χ2v) is 4.59. The van der Waals surface area contributed by atoms with Gasteiger partial charge in [0.25, 0.3) is 0 Å². The van der Waals surface area contributed by atoms with Crippen molar-refractivity contribution >= 4 is 17.9 Å². The number of anilines is 1. The van der Waals surface area contributed by atoms with Crippen LogP contribution < -0.4 is 5.32 Å². The van der Waals surface area contributed by atoms with Gasteiger partial charge in [0.15, 0.2) is 0 Å². The number of hydrogen-bond donors (Lipinski definition) is 1. The van der Waals surface area contributed by atoms with E-state index in [2.05, 4.69) is 5.32 Å². The first kappa shape index (κ1) is 15.8. The Morgan fingerprint density at radius 2 is 1.70 bits per heavy atom. The number of nitriles is 2. The molecule has 0 aliphatic carbocycles. The number of nitrogens with zero attached hydrogens (tertiary/aromatic N) is 2. The van der Waals surface area contributed by atoms with Gasteiger partial charge in [0, 0.05) is 5.69 Å². The Morgan fingerprint density at radius 3 is 2.30 bits per heavy atom. The van der Waals surface area contributed by atoms with E-state index < -0.39 is 6.09 Å². The van der Waals surface area contributed by atoms with Gasteiger partial charge in [0.2, 0.25) is 0 Å².